The summed E-state index contributed by atoms with van der Waals surface area (Å²) >= 11 is 1.90. The molecule has 1 aromatic rings. The fraction of sp³-hybridized carbons (Fsp3) is 0.750. The molecular weight excluding hydrogens is 234 g/mol. The van der Waals surface area contributed by atoms with Crippen molar-refractivity contribution in [2.75, 3.05) is 31.8 Å². The van der Waals surface area contributed by atoms with Crippen molar-refractivity contribution in [3.05, 3.63) is 11.9 Å². The number of methoxy groups -OCH3 is 1. The second-order valence-corrected chi connectivity index (χ2v) is 5.43. The van der Waals surface area contributed by atoms with Gasteiger partial charge in [-0.2, -0.15) is 11.8 Å². The Bertz CT molecular complexity index is 328. The summed E-state index contributed by atoms with van der Waals surface area (Å²) in [4.78, 5) is 4.48. The smallest absolute Gasteiger partial charge is 0.203 e. The van der Waals surface area contributed by atoms with Crippen LogP contribution in [0.25, 0.3) is 0 Å². The van der Waals surface area contributed by atoms with Crippen LogP contribution in [-0.2, 0) is 11.3 Å². The van der Waals surface area contributed by atoms with E-state index in [1.807, 2.05) is 18.7 Å². The van der Waals surface area contributed by atoms with E-state index in [9.17, 15) is 0 Å². The molecule has 17 heavy (non-hydrogen) atoms. The summed E-state index contributed by atoms with van der Waals surface area (Å²) < 4.78 is 7.20. The van der Waals surface area contributed by atoms with E-state index in [0.717, 1.165) is 31.2 Å². The van der Waals surface area contributed by atoms with Gasteiger partial charge in [0.1, 0.15) is 0 Å². The lowest BCUT2D eigenvalue weighted by Crippen LogP contribution is -2.13. The first-order valence-corrected chi connectivity index (χ1v) is 7.25. The maximum Gasteiger partial charge on any atom is 0.203 e. The average Bonchev–Trinajstić information content (AvgIpc) is 2.67. The van der Waals surface area contributed by atoms with Crippen LogP contribution in [0.2, 0.25) is 0 Å². The number of anilines is 1. The van der Waals surface area contributed by atoms with Gasteiger partial charge in [-0.05, 0) is 19.6 Å². The summed E-state index contributed by atoms with van der Waals surface area (Å²) in [6.07, 6.45) is 5.35. The Labute approximate surface area is 108 Å². The summed E-state index contributed by atoms with van der Waals surface area (Å²) in [5.74, 6) is 0.952. The fourth-order valence-electron chi connectivity index (χ4n) is 1.55. The lowest BCUT2D eigenvalue weighted by atomic mass is 10.3. The molecule has 0 spiro atoms. The minimum absolute atomic E-state index is 0.686. The van der Waals surface area contributed by atoms with Crippen molar-refractivity contribution in [2.24, 2.45) is 0 Å². The van der Waals surface area contributed by atoms with Gasteiger partial charge in [-0.15, -0.1) is 0 Å². The van der Waals surface area contributed by atoms with Crippen LogP contribution in [0.15, 0.2) is 6.20 Å². The van der Waals surface area contributed by atoms with Crippen molar-refractivity contribution in [2.45, 2.75) is 32.1 Å². The van der Waals surface area contributed by atoms with Gasteiger partial charge in [-0.1, -0.05) is 6.92 Å². The molecule has 0 bridgehead atoms. The molecule has 1 unspecified atom stereocenters. The molecule has 0 fully saturated rings. The van der Waals surface area contributed by atoms with E-state index in [1.165, 1.54) is 0 Å². The van der Waals surface area contributed by atoms with Crippen LogP contribution in [0.4, 0.5) is 5.95 Å². The molecule has 1 atom stereocenters. The number of aromatic nitrogens is 2. The highest BCUT2D eigenvalue weighted by Gasteiger charge is 2.05. The number of aryl methyl sites for hydroxylation is 1. The van der Waals surface area contributed by atoms with Gasteiger partial charge in [-0.3, -0.25) is 0 Å². The second kappa shape index (κ2) is 7.61. The van der Waals surface area contributed by atoms with Crippen LogP contribution < -0.4 is 5.32 Å². The minimum Gasteiger partial charge on any atom is -0.383 e. The Kier molecular flexibility index (Phi) is 6.44. The third-order valence-electron chi connectivity index (χ3n) is 2.67. The van der Waals surface area contributed by atoms with Crippen LogP contribution in [0.3, 0.4) is 0 Å². The van der Waals surface area contributed by atoms with E-state index < -0.39 is 0 Å². The van der Waals surface area contributed by atoms with Gasteiger partial charge >= 0.3 is 0 Å². The molecule has 0 aliphatic carbocycles. The summed E-state index contributed by atoms with van der Waals surface area (Å²) in [6.45, 7) is 6.78. The first-order valence-electron chi connectivity index (χ1n) is 5.96. The molecule has 5 heteroatoms. The third kappa shape index (κ3) is 5.00. The second-order valence-electron chi connectivity index (χ2n) is 4.15. The maximum atomic E-state index is 5.09. The third-order valence-corrected chi connectivity index (χ3v) is 3.71. The van der Waals surface area contributed by atoms with Crippen molar-refractivity contribution >= 4 is 17.7 Å². The molecule has 98 valence electrons. The van der Waals surface area contributed by atoms with E-state index in [-0.39, 0.29) is 0 Å². The van der Waals surface area contributed by atoms with E-state index in [4.69, 9.17) is 4.74 Å². The van der Waals surface area contributed by atoms with Crippen LogP contribution in [0, 0.1) is 6.92 Å². The zero-order valence-corrected chi connectivity index (χ0v) is 12.0. The normalized spacial score (nSPS) is 12.7. The van der Waals surface area contributed by atoms with Crippen molar-refractivity contribution in [1.82, 2.24) is 9.55 Å². The Morgan fingerprint density at radius 1 is 1.59 bits per heavy atom. The molecule has 1 N–H and O–H groups in total. The number of ether oxygens (including phenoxy) is 1. The van der Waals surface area contributed by atoms with Gasteiger partial charge in [0.25, 0.3) is 0 Å². The molecule has 0 amide bonds. The Morgan fingerprint density at radius 3 is 3.00 bits per heavy atom. The van der Waals surface area contributed by atoms with Crippen LogP contribution in [-0.4, -0.2) is 41.3 Å². The molecular formula is C12H23N3OS. The lowest BCUT2D eigenvalue weighted by molar-refractivity contribution is 0.187. The molecule has 0 radical (unpaired) electrons. The van der Waals surface area contributed by atoms with Gasteiger partial charge in [0, 0.05) is 31.6 Å². The zero-order valence-electron chi connectivity index (χ0n) is 11.2. The summed E-state index contributed by atoms with van der Waals surface area (Å²) in [6, 6.07) is 0. The fourth-order valence-corrected chi connectivity index (χ4v) is 1.91. The molecule has 0 aliphatic rings. The highest BCUT2D eigenvalue weighted by molar-refractivity contribution is 7.99. The largest absolute Gasteiger partial charge is 0.383 e. The van der Waals surface area contributed by atoms with Crippen molar-refractivity contribution in [3.63, 3.8) is 0 Å². The van der Waals surface area contributed by atoms with Gasteiger partial charge in [0.2, 0.25) is 5.95 Å². The van der Waals surface area contributed by atoms with Crippen LogP contribution >= 0.6 is 11.8 Å². The average molecular weight is 257 g/mol. The van der Waals surface area contributed by atoms with Gasteiger partial charge in [0.15, 0.2) is 0 Å². The molecule has 0 aromatic carbocycles. The summed E-state index contributed by atoms with van der Waals surface area (Å²) in [5.41, 5.74) is 1.04. The predicted octanol–water partition coefficient (Wildman–Crippen LogP) is 2.39. The molecule has 1 heterocycles. The predicted molar refractivity (Wildman–Crippen MR) is 74.9 cm³/mol. The SMILES string of the molecule is COCCn1cc(C)nc1NCCC(C)SC. The number of hydrogen-bond donors (Lipinski definition) is 1. The standard InChI is InChI=1S/C12H23N3OS/c1-10-9-15(7-8-16-3)12(14-10)13-6-5-11(2)17-4/h9,11H,5-8H2,1-4H3,(H,13,14). The zero-order chi connectivity index (χ0) is 12.7. The molecule has 4 nitrogen and oxygen atoms in total. The van der Waals surface area contributed by atoms with E-state index in [1.54, 1.807) is 7.11 Å². The molecule has 1 aromatic heterocycles. The topological polar surface area (TPSA) is 39.1 Å². The first kappa shape index (κ1) is 14.4. The highest BCUT2D eigenvalue weighted by atomic mass is 32.2. The molecule has 0 saturated carbocycles. The first-order chi connectivity index (χ1) is 8.17. The molecule has 1 rings (SSSR count). The Hall–Kier alpha value is -0.680. The lowest BCUT2D eigenvalue weighted by Gasteiger charge is -2.11. The Balaban J connectivity index is 2.45. The quantitative estimate of drug-likeness (QED) is 0.776. The number of hydrogen-bond acceptors (Lipinski definition) is 4. The monoisotopic (exact) mass is 257 g/mol. The van der Waals surface area contributed by atoms with Gasteiger partial charge in [-0.25, -0.2) is 4.98 Å². The van der Waals surface area contributed by atoms with E-state index in [2.05, 4.69) is 34.2 Å². The number of imidazole rings is 1. The maximum absolute atomic E-state index is 5.09. The number of nitrogens with one attached hydrogen (secondary N) is 1. The van der Waals surface area contributed by atoms with E-state index in [0.29, 0.717) is 11.9 Å². The number of rotatable bonds is 8. The number of nitrogens with zero attached hydrogens (tertiary/aromatic N) is 2. The Morgan fingerprint density at radius 2 is 2.35 bits per heavy atom. The minimum atomic E-state index is 0.686. The van der Waals surface area contributed by atoms with E-state index >= 15 is 0 Å². The molecule has 0 saturated heterocycles. The molecule has 0 aliphatic heterocycles. The van der Waals surface area contributed by atoms with Gasteiger partial charge in [0.05, 0.1) is 12.3 Å². The van der Waals surface area contributed by atoms with Crippen molar-refractivity contribution < 1.29 is 4.74 Å². The van der Waals surface area contributed by atoms with Crippen molar-refractivity contribution in [3.8, 4) is 0 Å². The summed E-state index contributed by atoms with van der Waals surface area (Å²) in [5, 5.41) is 4.08. The summed E-state index contributed by atoms with van der Waals surface area (Å²) in [7, 11) is 1.72. The van der Waals surface area contributed by atoms with Crippen molar-refractivity contribution in [1.29, 1.82) is 0 Å². The van der Waals surface area contributed by atoms with Crippen LogP contribution in [0.1, 0.15) is 19.0 Å². The van der Waals surface area contributed by atoms with Gasteiger partial charge < -0.3 is 14.6 Å². The number of thioether (sulfide) groups is 1. The highest BCUT2D eigenvalue weighted by Crippen LogP contribution is 2.12. The van der Waals surface area contributed by atoms with Crippen LogP contribution in [0.5, 0.6) is 0 Å².